The average Bonchev–Trinajstić information content (AvgIpc) is 3.17. The van der Waals surface area contributed by atoms with Gasteiger partial charge in [-0.2, -0.15) is 10.2 Å². The fraction of sp³-hybridized carbons (Fsp3) is 0.565. The Morgan fingerprint density at radius 2 is 2.00 bits per heavy atom. The first-order valence-electron chi connectivity index (χ1n) is 11.6. The molecule has 4 heterocycles. The summed E-state index contributed by atoms with van der Waals surface area (Å²) >= 11 is 0. The van der Waals surface area contributed by atoms with E-state index in [2.05, 4.69) is 26.4 Å². The molecule has 1 aliphatic carbocycles. The van der Waals surface area contributed by atoms with Crippen LogP contribution in [0.4, 0.5) is 5.82 Å². The first-order chi connectivity index (χ1) is 15.2. The van der Waals surface area contributed by atoms with E-state index in [0.717, 1.165) is 67.2 Å². The van der Waals surface area contributed by atoms with Gasteiger partial charge in [-0.3, -0.25) is 9.69 Å². The summed E-state index contributed by atoms with van der Waals surface area (Å²) in [4.78, 5) is 19.6. The third-order valence-corrected chi connectivity index (χ3v) is 6.64. The van der Waals surface area contributed by atoms with Gasteiger partial charge in [-0.1, -0.05) is 6.42 Å². The zero-order chi connectivity index (χ0) is 21.2. The van der Waals surface area contributed by atoms with Crippen molar-refractivity contribution in [3.05, 3.63) is 51.8 Å². The predicted octanol–water partition coefficient (Wildman–Crippen LogP) is 2.44. The lowest BCUT2D eigenvalue weighted by Crippen LogP contribution is -2.45. The Morgan fingerprint density at radius 1 is 1.10 bits per heavy atom. The lowest BCUT2D eigenvalue weighted by atomic mass is 9.97. The van der Waals surface area contributed by atoms with Crippen molar-refractivity contribution in [1.29, 1.82) is 0 Å². The molecule has 1 fully saturated rings. The van der Waals surface area contributed by atoms with Crippen molar-refractivity contribution in [2.24, 2.45) is 0 Å². The number of aryl methyl sites for hydroxylation is 3. The monoisotopic (exact) mass is 421 g/mol. The number of fused-ring (bicyclic) bond motifs is 2. The summed E-state index contributed by atoms with van der Waals surface area (Å²) in [7, 11) is 0. The van der Waals surface area contributed by atoms with Crippen LogP contribution < -0.4 is 10.9 Å². The van der Waals surface area contributed by atoms with Crippen LogP contribution in [-0.4, -0.2) is 55.0 Å². The number of nitrogens with one attached hydrogen (secondary N) is 1. The first-order valence-corrected chi connectivity index (χ1v) is 11.6. The molecule has 3 aromatic heterocycles. The molecule has 8 nitrogen and oxygen atoms in total. The van der Waals surface area contributed by atoms with Crippen LogP contribution in [0.5, 0.6) is 0 Å². The number of piperidine rings is 1. The lowest BCUT2D eigenvalue weighted by Gasteiger charge is -2.36. The maximum atomic E-state index is 12.5. The second-order valence-corrected chi connectivity index (χ2v) is 8.84. The van der Waals surface area contributed by atoms with Crippen LogP contribution in [0.3, 0.4) is 0 Å². The van der Waals surface area contributed by atoms with E-state index in [1.807, 2.05) is 23.7 Å². The SMILES string of the molecule is Cc1cc2c(NCC3CCCCN3CCn3nc4c(cc3=O)CCCC4)nccn2n1. The number of nitrogens with zero attached hydrogens (tertiary/aromatic N) is 6. The minimum Gasteiger partial charge on any atom is -0.367 e. The third kappa shape index (κ3) is 4.35. The van der Waals surface area contributed by atoms with Crippen LogP contribution in [0.2, 0.25) is 0 Å². The number of hydrogen-bond acceptors (Lipinski definition) is 6. The normalized spacial score (nSPS) is 19.5. The molecule has 31 heavy (non-hydrogen) atoms. The molecule has 3 aromatic rings. The van der Waals surface area contributed by atoms with Crippen LogP contribution in [0.25, 0.3) is 5.52 Å². The number of hydrogen-bond donors (Lipinski definition) is 1. The van der Waals surface area contributed by atoms with Gasteiger partial charge in [-0.25, -0.2) is 14.2 Å². The molecule has 1 atom stereocenters. The van der Waals surface area contributed by atoms with E-state index >= 15 is 0 Å². The number of anilines is 1. The Morgan fingerprint density at radius 3 is 2.94 bits per heavy atom. The van der Waals surface area contributed by atoms with Crippen molar-refractivity contribution in [1.82, 2.24) is 29.3 Å². The Hall–Kier alpha value is -2.74. The summed E-state index contributed by atoms with van der Waals surface area (Å²) < 4.78 is 3.55. The minimum absolute atomic E-state index is 0.0410. The molecule has 164 valence electrons. The Balaban J connectivity index is 1.25. The third-order valence-electron chi connectivity index (χ3n) is 6.64. The largest absolute Gasteiger partial charge is 0.367 e. The van der Waals surface area contributed by atoms with E-state index in [1.165, 1.54) is 25.7 Å². The van der Waals surface area contributed by atoms with Crippen molar-refractivity contribution in [3.63, 3.8) is 0 Å². The van der Waals surface area contributed by atoms with Gasteiger partial charge in [0.1, 0.15) is 5.52 Å². The molecule has 1 unspecified atom stereocenters. The molecule has 8 heteroatoms. The number of likely N-dealkylation sites (tertiary alicyclic amines) is 1. The number of aromatic nitrogens is 5. The molecular weight excluding hydrogens is 390 g/mol. The van der Waals surface area contributed by atoms with E-state index in [9.17, 15) is 4.79 Å². The molecule has 0 radical (unpaired) electrons. The quantitative estimate of drug-likeness (QED) is 0.659. The predicted molar refractivity (Wildman–Crippen MR) is 121 cm³/mol. The molecule has 1 saturated heterocycles. The molecule has 0 amide bonds. The van der Waals surface area contributed by atoms with Crippen LogP contribution >= 0.6 is 0 Å². The molecule has 0 saturated carbocycles. The van der Waals surface area contributed by atoms with Crippen LogP contribution in [0, 0.1) is 6.92 Å². The highest BCUT2D eigenvalue weighted by Crippen LogP contribution is 2.20. The maximum Gasteiger partial charge on any atom is 0.267 e. The summed E-state index contributed by atoms with van der Waals surface area (Å²) in [6.07, 6.45) is 11.6. The van der Waals surface area contributed by atoms with Gasteiger partial charge in [0, 0.05) is 37.6 Å². The van der Waals surface area contributed by atoms with E-state index in [1.54, 1.807) is 10.9 Å². The average molecular weight is 422 g/mol. The summed E-state index contributed by atoms with van der Waals surface area (Å²) in [6.45, 7) is 5.40. The summed E-state index contributed by atoms with van der Waals surface area (Å²) in [5.74, 6) is 0.876. The molecular formula is C23H31N7O. The Bertz CT molecular complexity index is 1120. The molecule has 2 aliphatic rings. The molecule has 5 rings (SSSR count). The van der Waals surface area contributed by atoms with Gasteiger partial charge in [0.2, 0.25) is 0 Å². The van der Waals surface area contributed by atoms with Gasteiger partial charge >= 0.3 is 0 Å². The van der Waals surface area contributed by atoms with Crippen molar-refractivity contribution < 1.29 is 0 Å². The van der Waals surface area contributed by atoms with E-state index in [4.69, 9.17) is 5.10 Å². The van der Waals surface area contributed by atoms with Crippen molar-refractivity contribution in [2.45, 2.75) is 64.5 Å². The summed E-state index contributed by atoms with van der Waals surface area (Å²) in [6, 6.07) is 4.30. The molecule has 0 spiro atoms. The maximum absolute atomic E-state index is 12.5. The van der Waals surface area contributed by atoms with Crippen molar-refractivity contribution >= 4 is 11.3 Å². The summed E-state index contributed by atoms with van der Waals surface area (Å²) in [5.41, 5.74) is 4.31. The standard InChI is InChI=1S/C23H31N7O/c1-17-14-21-23(24-9-11-29(21)26-17)25-16-19-7-4-5-10-28(19)12-13-30-22(31)15-18-6-2-3-8-20(18)27-30/h9,11,14-15,19H,2-8,10,12-13,16H2,1H3,(H,24,25). The van der Waals surface area contributed by atoms with Crippen LogP contribution in [0.1, 0.15) is 49.1 Å². The summed E-state index contributed by atoms with van der Waals surface area (Å²) in [5, 5.41) is 12.7. The van der Waals surface area contributed by atoms with Gasteiger partial charge in [0.05, 0.1) is 17.9 Å². The zero-order valence-corrected chi connectivity index (χ0v) is 18.3. The first kappa shape index (κ1) is 20.2. The van der Waals surface area contributed by atoms with Crippen LogP contribution in [-0.2, 0) is 19.4 Å². The molecule has 1 aliphatic heterocycles. The van der Waals surface area contributed by atoms with Gasteiger partial charge < -0.3 is 5.32 Å². The molecule has 1 N–H and O–H groups in total. The second-order valence-electron chi connectivity index (χ2n) is 8.84. The smallest absolute Gasteiger partial charge is 0.267 e. The second kappa shape index (κ2) is 8.78. The minimum atomic E-state index is 0.0410. The molecule has 0 aromatic carbocycles. The zero-order valence-electron chi connectivity index (χ0n) is 18.3. The van der Waals surface area contributed by atoms with Gasteiger partial charge in [0.25, 0.3) is 5.56 Å². The van der Waals surface area contributed by atoms with Gasteiger partial charge in [0.15, 0.2) is 5.82 Å². The highest BCUT2D eigenvalue weighted by molar-refractivity contribution is 5.67. The topological polar surface area (TPSA) is 80.4 Å². The highest BCUT2D eigenvalue weighted by atomic mass is 16.1. The van der Waals surface area contributed by atoms with Crippen LogP contribution in [0.15, 0.2) is 29.3 Å². The fourth-order valence-corrected chi connectivity index (χ4v) is 4.96. The van der Waals surface area contributed by atoms with Gasteiger partial charge in [-0.05, 0) is 63.6 Å². The lowest BCUT2D eigenvalue weighted by molar-refractivity contribution is 0.147. The fourth-order valence-electron chi connectivity index (χ4n) is 4.96. The van der Waals surface area contributed by atoms with Crippen molar-refractivity contribution in [2.75, 3.05) is 25.0 Å². The van der Waals surface area contributed by atoms with Gasteiger partial charge in [-0.15, -0.1) is 0 Å². The van der Waals surface area contributed by atoms with E-state index in [0.29, 0.717) is 12.6 Å². The highest BCUT2D eigenvalue weighted by Gasteiger charge is 2.23. The Labute approximate surface area is 182 Å². The van der Waals surface area contributed by atoms with E-state index in [-0.39, 0.29) is 5.56 Å². The Kier molecular flexibility index (Phi) is 5.72. The number of rotatable bonds is 6. The van der Waals surface area contributed by atoms with E-state index < -0.39 is 0 Å². The van der Waals surface area contributed by atoms with Crippen molar-refractivity contribution in [3.8, 4) is 0 Å². The molecule has 0 bridgehead atoms.